The predicted molar refractivity (Wildman–Crippen MR) is 101 cm³/mol. The van der Waals surface area contributed by atoms with Crippen LogP contribution in [0.2, 0.25) is 0 Å². The van der Waals surface area contributed by atoms with Crippen molar-refractivity contribution in [1.82, 2.24) is 4.98 Å². The van der Waals surface area contributed by atoms with Crippen LogP contribution in [0.5, 0.6) is 0 Å². The lowest BCUT2D eigenvalue weighted by atomic mass is 9.99. The molecule has 4 N–H and O–H groups in total. The van der Waals surface area contributed by atoms with Gasteiger partial charge in [-0.25, -0.2) is 0 Å². The number of nitrogens with one attached hydrogen (secondary N) is 2. The first-order valence-corrected chi connectivity index (χ1v) is 7.90. The molecule has 5 heteroatoms. The van der Waals surface area contributed by atoms with Crippen molar-refractivity contribution in [3.63, 3.8) is 0 Å². The quantitative estimate of drug-likeness (QED) is 0.507. The fraction of sp³-hybridized carbons (Fsp3) is 0. The molecule has 3 aromatic rings. The van der Waals surface area contributed by atoms with Gasteiger partial charge in [-0.15, -0.1) is 0 Å². The van der Waals surface area contributed by atoms with Gasteiger partial charge < -0.3 is 16.4 Å². The maximum absolute atomic E-state index is 12.7. The largest absolute Gasteiger partial charge is 0.399 e. The molecular formula is C20H16N4O. The number of nitrogens with zero attached hydrogens (tertiary/aromatic N) is 1. The number of carbonyl (C=O) groups excluding carboxylic acids is 1. The van der Waals surface area contributed by atoms with Gasteiger partial charge in [-0.05, 0) is 35.9 Å². The van der Waals surface area contributed by atoms with E-state index in [9.17, 15) is 4.79 Å². The molecule has 1 aromatic heterocycles. The Balaban J connectivity index is 1.93. The van der Waals surface area contributed by atoms with E-state index >= 15 is 0 Å². The van der Waals surface area contributed by atoms with Crippen molar-refractivity contribution in [2.24, 2.45) is 0 Å². The van der Waals surface area contributed by atoms with E-state index in [0.717, 1.165) is 28.2 Å². The number of nitrogen functional groups attached to an aromatic ring is 1. The average Bonchev–Trinajstić information content (AvgIpc) is 2.96. The second-order valence-corrected chi connectivity index (χ2v) is 5.74. The lowest BCUT2D eigenvalue weighted by Crippen LogP contribution is -2.10. The summed E-state index contributed by atoms with van der Waals surface area (Å²) >= 11 is 0. The van der Waals surface area contributed by atoms with Gasteiger partial charge in [0.2, 0.25) is 0 Å². The van der Waals surface area contributed by atoms with Crippen LogP contribution in [0.1, 0.15) is 11.1 Å². The number of anilines is 3. The summed E-state index contributed by atoms with van der Waals surface area (Å²) < 4.78 is 0. The maximum atomic E-state index is 12.7. The molecule has 0 atom stereocenters. The van der Waals surface area contributed by atoms with E-state index in [2.05, 4.69) is 15.6 Å². The molecule has 0 spiro atoms. The third-order valence-electron chi connectivity index (χ3n) is 4.03. The minimum absolute atomic E-state index is 0.157. The third kappa shape index (κ3) is 2.83. The van der Waals surface area contributed by atoms with Gasteiger partial charge >= 0.3 is 0 Å². The van der Waals surface area contributed by atoms with E-state index in [-0.39, 0.29) is 5.91 Å². The molecule has 2 heterocycles. The standard InChI is InChI=1S/C20H16N4O/c21-14-8-9-17-16(11-14)18(20(25)24-17)19(13-5-2-1-3-6-13)23-15-7-4-10-22-12-15/h1-12,23H,21H2,(H,24,25). The Bertz CT molecular complexity index is 966. The number of rotatable bonds is 3. The summed E-state index contributed by atoms with van der Waals surface area (Å²) in [5, 5.41) is 6.25. The molecule has 5 nitrogen and oxygen atoms in total. The number of fused-ring (bicyclic) bond motifs is 1. The van der Waals surface area contributed by atoms with Gasteiger partial charge in [0.1, 0.15) is 0 Å². The van der Waals surface area contributed by atoms with Crippen LogP contribution in [0, 0.1) is 0 Å². The first kappa shape index (κ1) is 15.0. The number of amides is 1. The normalized spacial score (nSPS) is 14.6. The molecule has 0 radical (unpaired) electrons. The number of carbonyl (C=O) groups is 1. The van der Waals surface area contributed by atoms with Gasteiger partial charge in [0.15, 0.2) is 0 Å². The molecule has 122 valence electrons. The van der Waals surface area contributed by atoms with E-state index in [0.29, 0.717) is 11.3 Å². The van der Waals surface area contributed by atoms with Crippen molar-refractivity contribution >= 4 is 34.2 Å². The molecule has 0 aliphatic carbocycles. The Hall–Kier alpha value is -3.60. The van der Waals surface area contributed by atoms with Gasteiger partial charge in [-0.1, -0.05) is 30.3 Å². The van der Waals surface area contributed by atoms with Crippen LogP contribution < -0.4 is 16.4 Å². The molecule has 0 unspecified atom stereocenters. The SMILES string of the molecule is Nc1ccc2c(c1)C(=C(Nc1cccnc1)c1ccccc1)C(=O)N2. The molecule has 1 aliphatic heterocycles. The summed E-state index contributed by atoms with van der Waals surface area (Å²) in [6.45, 7) is 0. The predicted octanol–water partition coefficient (Wildman–Crippen LogP) is 3.60. The number of nitrogens with two attached hydrogens (primary N) is 1. The monoisotopic (exact) mass is 328 g/mol. The topological polar surface area (TPSA) is 80.0 Å². The molecule has 0 fully saturated rings. The maximum Gasteiger partial charge on any atom is 0.258 e. The number of hydrogen-bond donors (Lipinski definition) is 3. The van der Waals surface area contributed by atoms with Crippen molar-refractivity contribution < 1.29 is 4.79 Å². The summed E-state index contributed by atoms with van der Waals surface area (Å²) in [7, 11) is 0. The van der Waals surface area contributed by atoms with Crippen molar-refractivity contribution in [2.75, 3.05) is 16.4 Å². The fourth-order valence-corrected chi connectivity index (χ4v) is 2.90. The average molecular weight is 328 g/mol. The zero-order chi connectivity index (χ0) is 17.2. The first-order chi connectivity index (χ1) is 12.2. The highest BCUT2D eigenvalue weighted by atomic mass is 16.2. The van der Waals surface area contributed by atoms with Crippen molar-refractivity contribution in [3.8, 4) is 0 Å². The smallest absolute Gasteiger partial charge is 0.258 e. The lowest BCUT2D eigenvalue weighted by molar-refractivity contribution is -0.110. The number of benzene rings is 2. The van der Waals surface area contributed by atoms with Crippen molar-refractivity contribution in [3.05, 3.63) is 84.2 Å². The van der Waals surface area contributed by atoms with E-state index < -0.39 is 0 Å². The molecule has 4 rings (SSSR count). The molecule has 1 aliphatic rings. The van der Waals surface area contributed by atoms with Crippen LogP contribution >= 0.6 is 0 Å². The molecular weight excluding hydrogens is 312 g/mol. The highest BCUT2D eigenvalue weighted by Gasteiger charge is 2.28. The van der Waals surface area contributed by atoms with Crippen LogP contribution in [-0.4, -0.2) is 10.9 Å². The van der Waals surface area contributed by atoms with Crippen molar-refractivity contribution in [2.45, 2.75) is 0 Å². The summed E-state index contributed by atoms with van der Waals surface area (Å²) in [5.74, 6) is -0.157. The van der Waals surface area contributed by atoms with Crippen LogP contribution in [-0.2, 0) is 4.79 Å². The van der Waals surface area contributed by atoms with Crippen LogP contribution in [0.25, 0.3) is 11.3 Å². The summed E-state index contributed by atoms with van der Waals surface area (Å²) in [4.78, 5) is 16.8. The van der Waals surface area contributed by atoms with E-state index in [4.69, 9.17) is 5.73 Å². The van der Waals surface area contributed by atoms with Crippen LogP contribution in [0.15, 0.2) is 73.1 Å². The zero-order valence-corrected chi connectivity index (χ0v) is 13.4. The summed E-state index contributed by atoms with van der Waals surface area (Å²) in [6, 6.07) is 18.9. The van der Waals surface area contributed by atoms with E-state index in [1.165, 1.54) is 0 Å². The zero-order valence-electron chi connectivity index (χ0n) is 13.4. The second kappa shape index (κ2) is 6.13. The Morgan fingerprint density at radius 3 is 2.64 bits per heavy atom. The Morgan fingerprint density at radius 2 is 1.88 bits per heavy atom. The molecule has 0 saturated carbocycles. The number of aromatic nitrogens is 1. The van der Waals surface area contributed by atoms with Gasteiger partial charge in [0.25, 0.3) is 5.91 Å². The van der Waals surface area contributed by atoms with Gasteiger partial charge in [0, 0.05) is 23.1 Å². The van der Waals surface area contributed by atoms with Crippen LogP contribution in [0.3, 0.4) is 0 Å². The summed E-state index contributed by atoms with van der Waals surface area (Å²) in [6.07, 6.45) is 3.43. The molecule has 0 bridgehead atoms. The molecule has 0 saturated heterocycles. The third-order valence-corrected chi connectivity index (χ3v) is 4.03. The number of hydrogen-bond acceptors (Lipinski definition) is 4. The van der Waals surface area contributed by atoms with E-state index in [1.807, 2.05) is 54.6 Å². The molecule has 2 aromatic carbocycles. The van der Waals surface area contributed by atoms with Gasteiger partial charge in [-0.2, -0.15) is 0 Å². The van der Waals surface area contributed by atoms with Crippen molar-refractivity contribution in [1.29, 1.82) is 0 Å². The Kier molecular flexibility index (Phi) is 3.67. The fourth-order valence-electron chi connectivity index (χ4n) is 2.90. The van der Waals surface area contributed by atoms with E-state index in [1.54, 1.807) is 18.5 Å². The lowest BCUT2D eigenvalue weighted by Gasteiger charge is -2.14. The second-order valence-electron chi connectivity index (χ2n) is 5.74. The first-order valence-electron chi connectivity index (χ1n) is 7.90. The van der Waals surface area contributed by atoms with Gasteiger partial charge in [0.05, 0.1) is 23.2 Å². The van der Waals surface area contributed by atoms with Crippen LogP contribution in [0.4, 0.5) is 17.1 Å². The Labute approximate surface area is 145 Å². The molecule has 25 heavy (non-hydrogen) atoms. The Morgan fingerprint density at radius 1 is 1.04 bits per heavy atom. The molecule has 1 amide bonds. The highest BCUT2D eigenvalue weighted by molar-refractivity contribution is 6.37. The minimum atomic E-state index is -0.157. The van der Waals surface area contributed by atoms with Gasteiger partial charge in [-0.3, -0.25) is 9.78 Å². The minimum Gasteiger partial charge on any atom is -0.399 e. The summed E-state index contributed by atoms with van der Waals surface area (Å²) in [5.41, 5.74) is 11.1. The number of pyridine rings is 1. The highest BCUT2D eigenvalue weighted by Crippen LogP contribution is 2.38.